The largest absolute Gasteiger partial charge is 0.348 e. The molecule has 104 valence electrons. The fraction of sp³-hybridized carbons (Fsp3) is 0.571. The van der Waals surface area contributed by atoms with E-state index in [1.807, 2.05) is 6.92 Å². The normalized spacial score (nSPS) is 24.5. The summed E-state index contributed by atoms with van der Waals surface area (Å²) in [5, 5.41) is 3.01. The molecule has 2 amide bonds. The number of halogens is 1. The number of nitrogens with one attached hydrogen (secondary N) is 1. The van der Waals surface area contributed by atoms with Crippen molar-refractivity contribution >= 4 is 28.2 Å². The highest BCUT2D eigenvalue weighted by Crippen LogP contribution is 2.26. The summed E-state index contributed by atoms with van der Waals surface area (Å²) in [4.78, 5) is 24.7. The highest BCUT2D eigenvalue weighted by Gasteiger charge is 2.30. The van der Waals surface area contributed by atoms with Crippen molar-refractivity contribution in [1.29, 1.82) is 0 Å². The summed E-state index contributed by atoms with van der Waals surface area (Å²) in [7, 11) is 0. The topological polar surface area (TPSA) is 49.4 Å². The lowest BCUT2D eigenvalue weighted by Gasteiger charge is -2.24. The summed E-state index contributed by atoms with van der Waals surface area (Å²) < 4.78 is 1.06. The average Bonchev–Trinajstić information content (AvgIpc) is 2.87. The third kappa shape index (κ3) is 3.26. The first-order valence-corrected chi connectivity index (χ1v) is 7.50. The van der Waals surface area contributed by atoms with E-state index in [-0.39, 0.29) is 18.0 Å². The maximum Gasteiger partial charge on any atom is 0.243 e. The summed E-state index contributed by atoms with van der Waals surface area (Å²) in [5.41, 5.74) is 1.12. The molecule has 0 aromatic carbocycles. The molecule has 0 spiro atoms. The molecule has 0 aromatic rings. The van der Waals surface area contributed by atoms with Crippen LogP contribution in [0.15, 0.2) is 22.2 Å². The Hall–Kier alpha value is -1.10. The molecule has 1 heterocycles. The van der Waals surface area contributed by atoms with Gasteiger partial charge in [0.2, 0.25) is 12.3 Å². The summed E-state index contributed by atoms with van der Waals surface area (Å²) in [6, 6.07) is -0.334. The summed E-state index contributed by atoms with van der Waals surface area (Å²) in [5.74, 6) is -0.0520. The minimum Gasteiger partial charge on any atom is -0.348 e. The Labute approximate surface area is 122 Å². The predicted molar refractivity (Wildman–Crippen MR) is 77.7 cm³/mol. The Bertz CT molecular complexity index is 431. The third-order valence-electron chi connectivity index (χ3n) is 3.69. The van der Waals surface area contributed by atoms with Crippen molar-refractivity contribution in [2.45, 2.75) is 44.7 Å². The van der Waals surface area contributed by atoms with Gasteiger partial charge in [0.1, 0.15) is 6.04 Å². The third-order valence-corrected chi connectivity index (χ3v) is 4.47. The zero-order valence-electron chi connectivity index (χ0n) is 11.1. The van der Waals surface area contributed by atoms with Gasteiger partial charge in [-0.3, -0.25) is 9.59 Å². The van der Waals surface area contributed by atoms with Crippen LogP contribution in [0.3, 0.4) is 0 Å². The monoisotopic (exact) mass is 326 g/mol. The molecular weight excluding hydrogens is 308 g/mol. The van der Waals surface area contributed by atoms with E-state index >= 15 is 0 Å². The number of hydrogen-bond donors (Lipinski definition) is 1. The number of nitrogens with zero attached hydrogens (tertiary/aromatic N) is 1. The molecule has 0 saturated carbocycles. The molecular formula is C14H19BrN2O2. The van der Waals surface area contributed by atoms with E-state index in [0.717, 1.165) is 42.1 Å². The van der Waals surface area contributed by atoms with Crippen LogP contribution in [0.1, 0.15) is 32.6 Å². The van der Waals surface area contributed by atoms with Crippen LogP contribution < -0.4 is 5.32 Å². The predicted octanol–water partition coefficient (Wildman–Crippen LogP) is 2.11. The second-order valence-corrected chi connectivity index (χ2v) is 5.87. The lowest BCUT2D eigenvalue weighted by Crippen LogP contribution is -2.46. The van der Waals surface area contributed by atoms with Crippen molar-refractivity contribution < 1.29 is 9.59 Å². The second-order valence-electron chi connectivity index (χ2n) is 5.02. The lowest BCUT2D eigenvalue weighted by atomic mass is 10.0. The first-order valence-electron chi connectivity index (χ1n) is 6.71. The number of rotatable bonds is 4. The smallest absolute Gasteiger partial charge is 0.243 e. The van der Waals surface area contributed by atoms with Crippen LogP contribution in [-0.4, -0.2) is 35.8 Å². The zero-order chi connectivity index (χ0) is 13.8. The van der Waals surface area contributed by atoms with Crippen molar-refractivity contribution in [2.24, 2.45) is 0 Å². The van der Waals surface area contributed by atoms with Gasteiger partial charge in [-0.05, 0) is 38.2 Å². The summed E-state index contributed by atoms with van der Waals surface area (Å²) >= 11 is 3.53. The van der Waals surface area contributed by atoms with Crippen molar-refractivity contribution in [3.05, 3.63) is 22.2 Å². The molecule has 1 N–H and O–H groups in total. The lowest BCUT2D eigenvalue weighted by molar-refractivity contribution is -0.131. The van der Waals surface area contributed by atoms with Crippen molar-refractivity contribution in [1.82, 2.24) is 10.2 Å². The van der Waals surface area contributed by atoms with Gasteiger partial charge >= 0.3 is 0 Å². The van der Waals surface area contributed by atoms with Gasteiger partial charge in [0, 0.05) is 11.0 Å². The molecule has 1 saturated heterocycles. The van der Waals surface area contributed by atoms with E-state index in [1.54, 1.807) is 4.90 Å². The van der Waals surface area contributed by atoms with Gasteiger partial charge in [-0.2, -0.15) is 0 Å². The molecule has 2 aliphatic rings. The van der Waals surface area contributed by atoms with Crippen LogP contribution >= 0.6 is 15.9 Å². The molecule has 19 heavy (non-hydrogen) atoms. The van der Waals surface area contributed by atoms with E-state index in [1.165, 1.54) is 0 Å². The molecule has 2 rings (SSSR count). The molecule has 0 radical (unpaired) electrons. The SMILES string of the molecule is C[C@H](NC(=O)C1CCCN1C=O)C1=CCCC=C1Br. The second kappa shape index (κ2) is 6.37. The van der Waals surface area contributed by atoms with Gasteiger partial charge < -0.3 is 10.2 Å². The van der Waals surface area contributed by atoms with Crippen LogP contribution in [0.2, 0.25) is 0 Å². The standard InChI is InChI=1S/C14H19BrN2O2/c1-10(11-5-2-3-6-12(11)15)16-14(19)13-7-4-8-17(13)9-18/h5-6,9-10,13H,2-4,7-8H2,1H3,(H,16,19)/t10-,13?/m0/s1. The van der Waals surface area contributed by atoms with E-state index in [0.29, 0.717) is 6.54 Å². The molecule has 1 fully saturated rings. The number of carbonyl (C=O) groups is 2. The van der Waals surface area contributed by atoms with E-state index < -0.39 is 0 Å². The number of carbonyl (C=O) groups excluding carboxylic acids is 2. The van der Waals surface area contributed by atoms with Crippen LogP contribution in [0.25, 0.3) is 0 Å². The van der Waals surface area contributed by atoms with Gasteiger partial charge in [0.15, 0.2) is 0 Å². The summed E-state index contributed by atoms with van der Waals surface area (Å²) in [6.07, 6.45) is 8.76. The van der Waals surface area contributed by atoms with Crippen LogP contribution in [-0.2, 0) is 9.59 Å². The Morgan fingerprint density at radius 3 is 2.95 bits per heavy atom. The first-order chi connectivity index (χ1) is 9.13. The van der Waals surface area contributed by atoms with Crippen molar-refractivity contribution in [3.63, 3.8) is 0 Å². The highest BCUT2D eigenvalue weighted by molar-refractivity contribution is 9.12. The minimum atomic E-state index is -0.299. The van der Waals surface area contributed by atoms with Crippen molar-refractivity contribution in [3.8, 4) is 0 Å². The zero-order valence-corrected chi connectivity index (χ0v) is 12.6. The quantitative estimate of drug-likeness (QED) is 0.804. The van der Waals surface area contributed by atoms with E-state index in [9.17, 15) is 9.59 Å². The molecule has 0 aromatic heterocycles. The van der Waals surface area contributed by atoms with Gasteiger partial charge in [0.25, 0.3) is 0 Å². The number of likely N-dealkylation sites (tertiary alicyclic amines) is 1. The van der Waals surface area contributed by atoms with Crippen LogP contribution in [0, 0.1) is 0 Å². The van der Waals surface area contributed by atoms with Gasteiger partial charge in [-0.25, -0.2) is 0 Å². The Kier molecular flexibility index (Phi) is 4.80. The van der Waals surface area contributed by atoms with Gasteiger partial charge in [-0.15, -0.1) is 0 Å². The Morgan fingerprint density at radius 2 is 2.26 bits per heavy atom. The Morgan fingerprint density at radius 1 is 1.53 bits per heavy atom. The van der Waals surface area contributed by atoms with Crippen molar-refractivity contribution in [2.75, 3.05) is 6.54 Å². The molecule has 1 aliphatic carbocycles. The number of allylic oxidation sites excluding steroid dienone is 2. The highest BCUT2D eigenvalue weighted by atomic mass is 79.9. The first kappa shape index (κ1) is 14.3. The summed E-state index contributed by atoms with van der Waals surface area (Å²) in [6.45, 7) is 2.66. The van der Waals surface area contributed by atoms with E-state index in [4.69, 9.17) is 0 Å². The average molecular weight is 327 g/mol. The molecule has 2 atom stereocenters. The molecule has 1 unspecified atom stereocenters. The van der Waals surface area contributed by atoms with Crippen LogP contribution in [0.4, 0.5) is 0 Å². The maximum absolute atomic E-state index is 12.2. The Balaban J connectivity index is 1.97. The molecule has 4 nitrogen and oxygen atoms in total. The van der Waals surface area contributed by atoms with Gasteiger partial charge in [-0.1, -0.05) is 28.1 Å². The van der Waals surface area contributed by atoms with E-state index in [2.05, 4.69) is 33.4 Å². The molecule has 5 heteroatoms. The fourth-order valence-electron chi connectivity index (χ4n) is 2.63. The maximum atomic E-state index is 12.2. The fourth-order valence-corrected chi connectivity index (χ4v) is 3.37. The number of hydrogen-bond acceptors (Lipinski definition) is 2. The minimum absolute atomic E-state index is 0.0347. The van der Waals surface area contributed by atoms with Crippen LogP contribution in [0.5, 0.6) is 0 Å². The molecule has 0 bridgehead atoms. The molecule has 1 aliphatic heterocycles. The van der Waals surface area contributed by atoms with Gasteiger partial charge in [0.05, 0.1) is 6.04 Å². The number of amides is 2.